The molecule has 0 spiro atoms. The van der Waals surface area contributed by atoms with E-state index in [9.17, 15) is 0 Å². The highest BCUT2D eigenvalue weighted by Gasteiger charge is 2.33. The first-order valence-corrected chi connectivity index (χ1v) is 3.70. The third-order valence-electron chi connectivity index (χ3n) is 2.21. The van der Waals surface area contributed by atoms with Crippen LogP contribution >= 0.6 is 0 Å². The molecule has 0 N–H and O–H groups in total. The second-order valence-corrected chi connectivity index (χ2v) is 3.21. The van der Waals surface area contributed by atoms with Crippen molar-refractivity contribution in [1.82, 2.24) is 0 Å². The van der Waals surface area contributed by atoms with Gasteiger partial charge in [0.1, 0.15) is 0 Å². The second kappa shape index (κ2) is 1.73. The minimum atomic E-state index is 0.919. The van der Waals surface area contributed by atoms with Crippen LogP contribution in [0.2, 0.25) is 0 Å². The first-order valence-electron chi connectivity index (χ1n) is 3.70. The van der Waals surface area contributed by atoms with E-state index in [2.05, 4.69) is 25.2 Å². The van der Waals surface area contributed by atoms with E-state index in [0.717, 1.165) is 11.8 Å². The van der Waals surface area contributed by atoms with Gasteiger partial charge in [0.05, 0.1) is 0 Å². The molecule has 0 aromatic rings. The molecule has 0 heteroatoms. The molecule has 0 aromatic carbocycles. The predicted octanol–water partition coefficient (Wildman–Crippen LogP) is 2.53. The molecular weight excluding hydrogens is 108 g/mol. The predicted molar refractivity (Wildman–Crippen MR) is 39.1 cm³/mol. The molecule has 0 heterocycles. The molecule has 0 bridgehead atoms. The van der Waals surface area contributed by atoms with Crippen molar-refractivity contribution in [2.75, 3.05) is 0 Å². The lowest BCUT2D eigenvalue weighted by atomic mass is 10.2. The monoisotopic (exact) mass is 120 g/mol. The first-order chi connectivity index (χ1) is 4.36. The summed E-state index contributed by atoms with van der Waals surface area (Å²) in [5, 5.41) is 0. The molecule has 0 aliphatic heterocycles. The molecule has 1 fully saturated rings. The minimum absolute atomic E-state index is 0.919. The lowest BCUT2D eigenvalue weighted by Crippen LogP contribution is -1.72. The Morgan fingerprint density at radius 3 is 3.22 bits per heavy atom. The van der Waals surface area contributed by atoms with Gasteiger partial charge in [0.25, 0.3) is 0 Å². The Balaban J connectivity index is 2.20. The average molecular weight is 120 g/mol. The Morgan fingerprint density at radius 1 is 1.44 bits per heavy atom. The van der Waals surface area contributed by atoms with E-state index in [4.69, 9.17) is 0 Å². The molecule has 2 aliphatic carbocycles. The Hall–Kier alpha value is -0.520. The molecule has 0 nitrogen and oxygen atoms in total. The van der Waals surface area contributed by atoms with Gasteiger partial charge in [-0.05, 0) is 31.6 Å². The number of allylic oxidation sites excluding steroid dienone is 4. The summed E-state index contributed by atoms with van der Waals surface area (Å²) in [5.74, 6) is 1.84. The first kappa shape index (κ1) is 5.28. The van der Waals surface area contributed by atoms with Gasteiger partial charge >= 0.3 is 0 Å². The largest absolute Gasteiger partial charge is 0.0845 e. The third-order valence-corrected chi connectivity index (χ3v) is 2.21. The minimum Gasteiger partial charge on any atom is -0.0845 e. The summed E-state index contributed by atoms with van der Waals surface area (Å²) in [7, 11) is 0. The molecular formula is C9H12. The fourth-order valence-corrected chi connectivity index (χ4v) is 1.51. The highest BCUT2D eigenvalue weighted by Crippen LogP contribution is 2.43. The van der Waals surface area contributed by atoms with Crippen molar-refractivity contribution in [3.8, 4) is 0 Å². The maximum atomic E-state index is 2.44. The number of rotatable bonds is 0. The van der Waals surface area contributed by atoms with E-state index in [1.165, 1.54) is 12.8 Å². The molecule has 1 saturated carbocycles. The van der Waals surface area contributed by atoms with Crippen molar-refractivity contribution in [3.05, 3.63) is 23.8 Å². The van der Waals surface area contributed by atoms with Crippen LogP contribution in [0.15, 0.2) is 23.8 Å². The summed E-state index contributed by atoms with van der Waals surface area (Å²) in [4.78, 5) is 0. The van der Waals surface area contributed by atoms with Crippen LogP contribution in [-0.4, -0.2) is 0 Å². The van der Waals surface area contributed by atoms with Crippen molar-refractivity contribution < 1.29 is 0 Å². The van der Waals surface area contributed by atoms with Gasteiger partial charge in [0.2, 0.25) is 0 Å². The highest BCUT2D eigenvalue weighted by molar-refractivity contribution is 5.20. The molecule has 0 saturated heterocycles. The molecule has 2 atom stereocenters. The third kappa shape index (κ3) is 0.937. The van der Waals surface area contributed by atoms with E-state index < -0.39 is 0 Å². The molecule has 9 heavy (non-hydrogen) atoms. The topological polar surface area (TPSA) is 0 Å². The van der Waals surface area contributed by atoms with Gasteiger partial charge in [0, 0.05) is 0 Å². The smallest absolute Gasteiger partial charge is 0.0141 e. The van der Waals surface area contributed by atoms with E-state index in [1.807, 2.05) is 0 Å². The molecule has 0 aromatic heterocycles. The summed E-state index contributed by atoms with van der Waals surface area (Å²) in [6, 6.07) is 0. The lowest BCUT2D eigenvalue weighted by molar-refractivity contribution is 0.993. The standard InChI is InChI=1S/C9H12/c1-7-3-2-4-8-6-9(8)5-7/h2,4-5,8-9H,3,6H2,1H3. The molecule has 2 aliphatic rings. The van der Waals surface area contributed by atoms with Crippen LogP contribution in [0.4, 0.5) is 0 Å². The van der Waals surface area contributed by atoms with E-state index >= 15 is 0 Å². The van der Waals surface area contributed by atoms with Crippen LogP contribution in [0.1, 0.15) is 19.8 Å². The van der Waals surface area contributed by atoms with Crippen molar-refractivity contribution in [3.63, 3.8) is 0 Å². The molecule has 0 amide bonds. The highest BCUT2D eigenvalue weighted by atomic mass is 14.4. The van der Waals surface area contributed by atoms with Gasteiger partial charge in [-0.1, -0.05) is 23.8 Å². The zero-order valence-electron chi connectivity index (χ0n) is 5.80. The fraction of sp³-hybridized carbons (Fsp3) is 0.556. The average Bonchev–Trinajstić information content (AvgIpc) is 2.43. The van der Waals surface area contributed by atoms with Gasteiger partial charge in [-0.3, -0.25) is 0 Å². The SMILES string of the molecule is CC1=CC2CC2C=CC1. The Morgan fingerprint density at radius 2 is 2.33 bits per heavy atom. The number of hydrogen-bond donors (Lipinski definition) is 0. The summed E-state index contributed by atoms with van der Waals surface area (Å²) in [6.07, 6.45) is 9.71. The van der Waals surface area contributed by atoms with E-state index in [0.29, 0.717) is 0 Å². The normalized spacial score (nSPS) is 39.0. The van der Waals surface area contributed by atoms with Crippen LogP contribution in [0.3, 0.4) is 0 Å². The Labute approximate surface area is 56.3 Å². The van der Waals surface area contributed by atoms with Gasteiger partial charge in [-0.25, -0.2) is 0 Å². The maximum absolute atomic E-state index is 2.44. The van der Waals surface area contributed by atoms with E-state index in [1.54, 1.807) is 5.57 Å². The number of fused-ring (bicyclic) bond motifs is 1. The van der Waals surface area contributed by atoms with Crippen molar-refractivity contribution >= 4 is 0 Å². The van der Waals surface area contributed by atoms with E-state index in [-0.39, 0.29) is 0 Å². The summed E-state index contributed by atoms with van der Waals surface area (Å²) in [6.45, 7) is 2.23. The molecule has 2 unspecified atom stereocenters. The zero-order chi connectivity index (χ0) is 6.27. The molecule has 48 valence electrons. The van der Waals surface area contributed by atoms with Gasteiger partial charge in [0.15, 0.2) is 0 Å². The van der Waals surface area contributed by atoms with Crippen molar-refractivity contribution in [1.29, 1.82) is 0 Å². The Kier molecular flexibility index (Phi) is 1.01. The Bertz CT molecular complexity index is 174. The molecule has 2 rings (SSSR count). The molecule has 0 radical (unpaired) electrons. The number of hydrogen-bond acceptors (Lipinski definition) is 0. The van der Waals surface area contributed by atoms with Crippen molar-refractivity contribution in [2.24, 2.45) is 11.8 Å². The second-order valence-electron chi connectivity index (χ2n) is 3.21. The quantitative estimate of drug-likeness (QED) is 0.431. The van der Waals surface area contributed by atoms with Gasteiger partial charge in [-0.15, -0.1) is 0 Å². The van der Waals surface area contributed by atoms with Crippen LogP contribution in [-0.2, 0) is 0 Å². The fourth-order valence-electron chi connectivity index (χ4n) is 1.51. The summed E-state index contributed by atoms with van der Waals surface area (Å²) in [5.41, 5.74) is 1.55. The van der Waals surface area contributed by atoms with Crippen LogP contribution in [0.25, 0.3) is 0 Å². The van der Waals surface area contributed by atoms with Gasteiger partial charge in [-0.2, -0.15) is 0 Å². The van der Waals surface area contributed by atoms with Crippen LogP contribution in [0, 0.1) is 11.8 Å². The van der Waals surface area contributed by atoms with Crippen molar-refractivity contribution in [2.45, 2.75) is 19.8 Å². The van der Waals surface area contributed by atoms with Crippen LogP contribution < -0.4 is 0 Å². The van der Waals surface area contributed by atoms with Crippen LogP contribution in [0.5, 0.6) is 0 Å². The summed E-state index contributed by atoms with van der Waals surface area (Å²) < 4.78 is 0. The lowest BCUT2D eigenvalue weighted by Gasteiger charge is -1.89. The van der Waals surface area contributed by atoms with Gasteiger partial charge < -0.3 is 0 Å². The maximum Gasteiger partial charge on any atom is -0.0141 e. The zero-order valence-corrected chi connectivity index (χ0v) is 5.80. The summed E-state index contributed by atoms with van der Waals surface area (Å²) >= 11 is 0.